The fourth-order valence-electron chi connectivity index (χ4n) is 3.40. The predicted octanol–water partition coefficient (Wildman–Crippen LogP) is 2.27. The lowest BCUT2D eigenvalue weighted by molar-refractivity contribution is -0.130. The zero-order chi connectivity index (χ0) is 19.5. The molecule has 0 N–H and O–H groups in total. The molecule has 0 saturated carbocycles. The van der Waals surface area contributed by atoms with E-state index >= 15 is 0 Å². The fraction of sp³-hybridized carbons (Fsp3) is 0.350. The highest BCUT2D eigenvalue weighted by atomic mass is 35.5. The second kappa shape index (κ2) is 7.95. The molecule has 1 aromatic carbocycles. The Morgan fingerprint density at radius 1 is 1.18 bits per heavy atom. The molecule has 1 aromatic heterocycles. The Morgan fingerprint density at radius 2 is 1.96 bits per heavy atom. The first-order chi connectivity index (χ1) is 13.6. The van der Waals surface area contributed by atoms with Crippen LogP contribution in [0.5, 0.6) is 11.5 Å². The van der Waals surface area contributed by atoms with Crippen LogP contribution in [0.4, 0.5) is 5.82 Å². The summed E-state index contributed by atoms with van der Waals surface area (Å²) >= 11 is 6.26. The molecule has 2 aliphatic heterocycles. The fourth-order valence-corrected chi connectivity index (χ4v) is 3.69. The number of aromatic nitrogens is 1. The van der Waals surface area contributed by atoms with Crippen LogP contribution >= 0.6 is 11.6 Å². The van der Waals surface area contributed by atoms with E-state index in [1.54, 1.807) is 24.4 Å². The molecule has 3 heterocycles. The molecule has 4 rings (SSSR count). The highest BCUT2D eigenvalue weighted by molar-refractivity contribution is 6.32. The van der Waals surface area contributed by atoms with Crippen LogP contribution < -0.4 is 14.4 Å². The van der Waals surface area contributed by atoms with Gasteiger partial charge in [-0.1, -0.05) is 11.6 Å². The number of ether oxygens (including phenoxy) is 2. The van der Waals surface area contributed by atoms with Crippen molar-refractivity contribution in [1.29, 1.82) is 5.26 Å². The number of fused-ring (bicyclic) bond motifs is 1. The van der Waals surface area contributed by atoms with Crippen molar-refractivity contribution in [2.24, 2.45) is 0 Å². The van der Waals surface area contributed by atoms with Crippen LogP contribution in [0.3, 0.4) is 0 Å². The van der Waals surface area contributed by atoms with Crippen LogP contribution in [0.15, 0.2) is 30.5 Å². The Hall–Kier alpha value is -2.98. The average Bonchev–Trinajstić information content (AvgIpc) is 2.74. The molecule has 0 radical (unpaired) electrons. The zero-order valence-corrected chi connectivity index (χ0v) is 16.0. The van der Waals surface area contributed by atoms with Gasteiger partial charge in [0.25, 0.3) is 0 Å². The van der Waals surface area contributed by atoms with Crippen molar-refractivity contribution in [2.45, 2.75) is 6.42 Å². The molecule has 7 nitrogen and oxygen atoms in total. The highest BCUT2D eigenvalue weighted by Gasteiger charge is 2.23. The molecule has 8 heteroatoms. The lowest BCUT2D eigenvalue weighted by Gasteiger charge is -2.35. The summed E-state index contributed by atoms with van der Waals surface area (Å²) in [7, 11) is 0. The molecule has 144 valence electrons. The summed E-state index contributed by atoms with van der Waals surface area (Å²) in [5, 5.41) is 9.50. The SMILES string of the molecule is N#Cc1ccnc(N2CCN(C(=O)Cc3cc(Cl)c4c(c3)OCCO4)CC2)c1. The number of anilines is 1. The number of nitriles is 1. The van der Waals surface area contributed by atoms with Crippen LogP contribution in [0.2, 0.25) is 5.02 Å². The summed E-state index contributed by atoms with van der Waals surface area (Å²) in [6, 6.07) is 9.17. The Kier molecular flexibility index (Phi) is 5.22. The average molecular weight is 399 g/mol. The van der Waals surface area contributed by atoms with Crippen molar-refractivity contribution in [3.05, 3.63) is 46.6 Å². The number of benzene rings is 1. The standard InChI is InChI=1S/C20H19ClN4O3/c21-16-9-15(10-17-20(16)28-8-7-27-17)12-19(26)25-5-3-24(4-6-25)18-11-14(13-22)1-2-23-18/h1-2,9-11H,3-8,12H2. The molecule has 2 aromatic rings. The summed E-state index contributed by atoms with van der Waals surface area (Å²) in [5.41, 5.74) is 1.39. The third kappa shape index (κ3) is 3.82. The van der Waals surface area contributed by atoms with Crippen molar-refractivity contribution in [1.82, 2.24) is 9.88 Å². The van der Waals surface area contributed by atoms with Gasteiger partial charge in [-0.2, -0.15) is 5.26 Å². The van der Waals surface area contributed by atoms with Crippen molar-refractivity contribution < 1.29 is 14.3 Å². The lowest BCUT2D eigenvalue weighted by atomic mass is 10.1. The minimum atomic E-state index is 0.0473. The molecule has 28 heavy (non-hydrogen) atoms. The maximum Gasteiger partial charge on any atom is 0.227 e. The molecule has 0 bridgehead atoms. The predicted molar refractivity (Wildman–Crippen MR) is 104 cm³/mol. The zero-order valence-electron chi connectivity index (χ0n) is 15.2. The van der Waals surface area contributed by atoms with Gasteiger partial charge in [0.2, 0.25) is 5.91 Å². The topological polar surface area (TPSA) is 78.7 Å². The first kappa shape index (κ1) is 18.4. The number of hydrogen-bond donors (Lipinski definition) is 0. The van der Waals surface area contributed by atoms with Crippen LogP contribution in [0, 0.1) is 11.3 Å². The molecular formula is C20H19ClN4O3. The van der Waals surface area contributed by atoms with Gasteiger partial charge in [0.1, 0.15) is 19.0 Å². The van der Waals surface area contributed by atoms with Gasteiger partial charge in [0.05, 0.1) is 23.1 Å². The number of amides is 1. The quantitative estimate of drug-likeness (QED) is 0.789. The van der Waals surface area contributed by atoms with E-state index in [1.165, 1.54) is 0 Å². The number of carbonyl (C=O) groups excluding carboxylic acids is 1. The largest absolute Gasteiger partial charge is 0.486 e. The first-order valence-corrected chi connectivity index (χ1v) is 9.49. The molecule has 0 unspecified atom stereocenters. The second-order valence-corrected chi connectivity index (χ2v) is 7.07. The Balaban J connectivity index is 1.38. The smallest absolute Gasteiger partial charge is 0.227 e. The number of nitrogens with zero attached hydrogens (tertiary/aromatic N) is 4. The van der Waals surface area contributed by atoms with E-state index in [1.807, 2.05) is 11.0 Å². The Bertz CT molecular complexity index is 936. The molecule has 1 amide bonds. The van der Waals surface area contributed by atoms with Gasteiger partial charge in [0.15, 0.2) is 11.5 Å². The van der Waals surface area contributed by atoms with E-state index in [4.69, 9.17) is 26.3 Å². The van der Waals surface area contributed by atoms with Crippen LogP contribution in [-0.4, -0.2) is 55.2 Å². The van der Waals surface area contributed by atoms with Gasteiger partial charge in [-0.3, -0.25) is 4.79 Å². The molecule has 0 spiro atoms. The molecule has 1 fully saturated rings. The summed E-state index contributed by atoms with van der Waals surface area (Å²) in [6.45, 7) is 3.52. The third-order valence-corrected chi connectivity index (χ3v) is 5.12. The number of carbonyl (C=O) groups is 1. The summed E-state index contributed by atoms with van der Waals surface area (Å²) in [6.07, 6.45) is 1.90. The highest BCUT2D eigenvalue weighted by Crippen LogP contribution is 2.38. The molecular weight excluding hydrogens is 380 g/mol. The summed E-state index contributed by atoms with van der Waals surface area (Å²) in [5.74, 6) is 1.95. The monoisotopic (exact) mass is 398 g/mol. The van der Waals surface area contributed by atoms with E-state index in [0.717, 1.165) is 11.4 Å². The number of hydrogen-bond acceptors (Lipinski definition) is 6. The van der Waals surface area contributed by atoms with E-state index in [2.05, 4.69) is 16.0 Å². The maximum absolute atomic E-state index is 12.7. The van der Waals surface area contributed by atoms with Gasteiger partial charge in [-0.15, -0.1) is 0 Å². The number of piperazine rings is 1. The minimum absolute atomic E-state index is 0.0473. The van der Waals surface area contributed by atoms with Crippen LogP contribution in [0.1, 0.15) is 11.1 Å². The number of pyridine rings is 1. The van der Waals surface area contributed by atoms with Gasteiger partial charge < -0.3 is 19.3 Å². The van der Waals surface area contributed by atoms with Crippen LogP contribution in [0.25, 0.3) is 0 Å². The van der Waals surface area contributed by atoms with Gasteiger partial charge in [0, 0.05) is 32.4 Å². The molecule has 0 aliphatic carbocycles. The van der Waals surface area contributed by atoms with Gasteiger partial charge >= 0.3 is 0 Å². The maximum atomic E-state index is 12.7. The van der Waals surface area contributed by atoms with Gasteiger partial charge in [-0.25, -0.2) is 4.98 Å². The van der Waals surface area contributed by atoms with Crippen molar-refractivity contribution in [2.75, 3.05) is 44.3 Å². The number of rotatable bonds is 3. The van der Waals surface area contributed by atoms with E-state index in [0.29, 0.717) is 61.5 Å². The van der Waals surface area contributed by atoms with Gasteiger partial charge in [-0.05, 0) is 29.8 Å². The van der Waals surface area contributed by atoms with E-state index in [9.17, 15) is 4.79 Å². The number of halogens is 1. The summed E-state index contributed by atoms with van der Waals surface area (Å²) < 4.78 is 11.1. The second-order valence-electron chi connectivity index (χ2n) is 6.66. The molecule has 0 atom stereocenters. The van der Waals surface area contributed by atoms with Crippen molar-refractivity contribution in [3.63, 3.8) is 0 Å². The molecule has 2 aliphatic rings. The normalized spacial score (nSPS) is 15.9. The molecule has 1 saturated heterocycles. The first-order valence-electron chi connectivity index (χ1n) is 9.11. The minimum Gasteiger partial charge on any atom is -0.486 e. The Labute approximate surface area is 168 Å². The lowest BCUT2D eigenvalue weighted by Crippen LogP contribution is -2.49. The van der Waals surface area contributed by atoms with E-state index < -0.39 is 0 Å². The van der Waals surface area contributed by atoms with Crippen molar-refractivity contribution in [3.8, 4) is 17.6 Å². The summed E-state index contributed by atoms with van der Waals surface area (Å²) in [4.78, 5) is 21.0. The van der Waals surface area contributed by atoms with E-state index in [-0.39, 0.29) is 12.3 Å². The third-order valence-electron chi connectivity index (χ3n) is 4.84. The Morgan fingerprint density at radius 3 is 2.75 bits per heavy atom. The van der Waals surface area contributed by atoms with Crippen LogP contribution in [-0.2, 0) is 11.2 Å². The van der Waals surface area contributed by atoms with Crippen molar-refractivity contribution >= 4 is 23.3 Å².